The zero-order valence-electron chi connectivity index (χ0n) is 9.49. The number of benzene rings is 1. The Balaban J connectivity index is 2.06. The highest BCUT2D eigenvalue weighted by Gasteiger charge is 2.29. The molecule has 0 saturated carbocycles. The van der Waals surface area contributed by atoms with Crippen molar-refractivity contribution in [2.75, 3.05) is 13.4 Å². The van der Waals surface area contributed by atoms with Gasteiger partial charge in [-0.1, -0.05) is 19.4 Å². The lowest BCUT2D eigenvalue weighted by molar-refractivity contribution is 0.0338. The van der Waals surface area contributed by atoms with E-state index in [1.165, 1.54) is 11.1 Å². The molecule has 2 aliphatic heterocycles. The van der Waals surface area contributed by atoms with Gasteiger partial charge in [0.15, 0.2) is 11.5 Å². The molecule has 0 spiro atoms. The topological polar surface area (TPSA) is 27.7 Å². The van der Waals surface area contributed by atoms with Crippen molar-refractivity contribution in [1.29, 1.82) is 0 Å². The van der Waals surface area contributed by atoms with Crippen molar-refractivity contribution in [3.63, 3.8) is 0 Å². The summed E-state index contributed by atoms with van der Waals surface area (Å²) >= 11 is 0. The van der Waals surface area contributed by atoms with E-state index in [2.05, 4.69) is 13.0 Å². The van der Waals surface area contributed by atoms with Gasteiger partial charge in [0.2, 0.25) is 6.79 Å². The lowest BCUT2D eigenvalue weighted by Gasteiger charge is -2.26. The molecule has 3 heteroatoms. The summed E-state index contributed by atoms with van der Waals surface area (Å²) in [6.45, 7) is 3.33. The molecule has 0 amide bonds. The molecule has 2 aliphatic rings. The predicted molar refractivity (Wildman–Crippen MR) is 59.9 cm³/mol. The maximum Gasteiger partial charge on any atom is 0.231 e. The number of rotatable bonds is 2. The molecule has 1 aromatic carbocycles. The minimum atomic E-state index is 0.186. The van der Waals surface area contributed by atoms with Crippen molar-refractivity contribution >= 4 is 0 Å². The molecule has 0 fully saturated rings. The van der Waals surface area contributed by atoms with Gasteiger partial charge in [-0.2, -0.15) is 0 Å². The van der Waals surface area contributed by atoms with Crippen molar-refractivity contribution in [2.24, 2.45) is 0 Å². The van der Waals surface area contributed by atoms with Crippen LogP contribution in [0.5, 0.6) is 11.5 Å². The Kier molecular flexibility index (Phi) is 2.48. The first-order valence-electron chi connectivity index (χ1n) is 5.93. The molecule has 2 heterocycles. The zero-order chi connectivity index (χ0) is 11.0. The molecule has 1 unspecified atom stereocenters. The summed E-state index contributed by atoms with van der Waals surface area (Å²) in [5, 5.41) is 0. The largest absolute Gasteiger partial charge is 0.454 e. The van der Waals surface area contributed by atoms with Gasteiger partial charge < -0.3 is 14.2 Å². The third-order valence-corrected chi connectivity index (χ3v) is 3.23. The van der Waals surface area contributed by atoms with Crippen molar-refractivity contribution in [1.82, 2.24) is 0 Å². The van der Waals surface area contributed by atoms with Crippen molar-refractivity contribution in [3.05, 3.63) is 23.3 Å². The summed E-state index contributed by atoms with van der Waals surface area (Å²) in [4.78, 5) is 0. The molecule has 1 aromatic rings. The Bertz CT molecular complexity index is 400. The molecule has 1 atom stereocenters. The van der Waals surface area contributed by atoms with E-state index in [9.17, 15) is 0 Å². The third kappa shape index (κ3) is 1.47. The van der Waals surface area contributed by atoms with Crippen LogP contribution in [-0.4, -0.2) is 13.4 Å². The van der Waals surface area contributed by atoms with E-state index in [0.717, 1.165) is 37.4 Å². The summed E-state index contributed by atoms with van der Waals surface area (Å²) in [5.74, 6) is 1.78. The van der Waals surface area contributed by atoms with Gasteiger partial charge >= 0.3 is 0 Å². The Morgan fingerprint density at radius 2 is 2.25 bits per heavy atom. The van der Waals surface area contributed by atoms with E-state index < -0.39 is 0 Å². The van der Waals surface area contributed by atoms with Gasteiger partial charge in [-0.15, -0.1) is 0 Å². The Morgan fingerprint density at radius 1 is 1.31 bits per heavy atom. The highest BCUT2D eigenvalue weighted by Crippen LogP contribution is 2.44. The molecule has 0 bridgehead atoms. The summed E-state index contributed by atoms with van der Waals surface area (Å²) in [6.07, 6.45) is 3.33. The minimum Gasteiger partial charge on any atom is -0.454 e. The molecule has 16 heavy (non-hydrogen) atoms. The highest BCUT2D eigenvalue weighted by atomic mass is 16.7. The first kappa shape index (κ1) is 9.97. The van der Waals surface area contributed by atoms with Crippen LogP contribution < -0.4 is 9.47 Å². The number of hydrogen-bond donors (Lipinski definition) is 0. The van der Waals surface area contributed by atoms with Crippen LogP contribution >= 0.6 is 0 Å². The zero-order valence-corrected chi connectivity index (χ0v) is 9.49. The van der Waals surface area contributed by atoms with Gasteiger partial charge in [-0.3, -0.25) is 0 Å². The average molecular weight is 220 g/mol. The third-order valence-electron chi connectivity index (χ3n) is 3.23. The van der Waals surface area contributed by atoms with Gasteiger partial charge in [0.25, 0.3) is 0 Å². The van der Waals surface area contributed by atoms with E-state index in [1.54, 1.807) is 0 Å². The maximum absolute atomic E-state index is 5.83. The van der Waals surface area contributed by atoms with E-state index >= 15 is 0 Å². The first-order chi connectivity index (χ1) is 7.90. The molecular weight excluding hydrogens is 204 g/mol. The van der Waals surface area contributed by atoms with Gasteiger partial charge in [0.1, 0.15) is 0 Å². The number of fused-ring (bicyclic) bond motifs is 3. The molecule has 3 rings (SSSR count). The van der Waals surface area contributed by atoms with Gasteiger partial charge in [-0.25, -0.2) is 0 Å². The van der Waals surface area contributed by atoms with Crippen LogP contribution in [0.2, 0.25) is 0 Å². The SMILES string of the molecule is CCCC1OCCc2ccc3c(c21)OCO3. The van der Waals surface area contributed by atoms with Crippen molar-refractivity contribution < 1.29 is 14.2 Å². The summed E-state index contributed by atoms with van der Waals surface area (Å²) in [6, 6.07) is 4.16. The molecule has 0 aromatic heterocycles. The minimum absolute atomic E-state index is 0.186. The van der Waals surface area contributed by atoms with Crippen LogP contribution in [0.1, 0.15) is 37.0 Å². The quantitative estimate of drug-likeness (QED) is 0.767. The lowest BCUT2D eigenvalue weighted by atomic mass is 9.93. The molecule has 0 aliphatic carbocycles. The van der Waals surface area contributed by atoms with Crippen LogP contribution in [0, 0.1) is 0 Å². The summed E-state index contributed by atoms with van der Waals surface area (Å²) < 4.78 is 16.8. The first-order valence-corrected chi connectivity index (χ1v) is 5.93. The van der Waals surface area contributed by atoms with E-state index in [-0.39, 0.29) is 6.10 Å². The Morgan fingerprint density at radius 3 is 3.12 bits per heavy atom. The fourth-order valence-electron chi connectivity index (χ4n) is 2.49. The van der Waals surface area contributed by atoms with E-state index in [1.807, 2.05) is 6.07 Å². The summed E-state index contributed by atoms with van der Waals surface area (Å²) in [7, 11) is 0. The molecule has 0 saturated heterocycles. The molecule has 3 nitrogen and oxygen atoms in total. The number of ether oxygens (including phenoxy) is 3. The van der Waals surface area contributed by atoms with Crippen molar-refractivity contribution in [3.8, 4) is 11.5 Å². The predicted octanol–water partition coefficient (Wildman–Crippen LogP) is 2.83. The van der Waals surface area contributed by atoms with Crippen LogP contribution in [0.15, 0.2) is 12.1 Å². The van der Waals surface area contributed by atoms with Crippen LogP contribution in [0.3, 0.4) is 0 Å². The van der Waals surface area contributed by atoms with Gasteiger partial charge in [0, 0.05) is 5.56 Å². The van der Waals surface area contributed by atoms with E-state index in [4.69, 9.17) is 14.2 Å². The second-order valence-electron chi connectivity index (χ2n) is 4.27. The molecule has 0 N–H and O–H groups in total. The Hall–Kier alpha value is -1.22. The van der Waals surface area contributed by atoms with Gasteiger partial charge in [-0.05, 0) is 24.5 Å². The fourth-order valence-corrected chi connectivity index (χ4v) is 2.49. The molecular formula is C13H16O3. The van der Waals surface area contributed by atoms with Crippen LogP contribution in [0.4, 0.5) is 0 Å². The monoisotopic (exact) mass is 220 g/mol. The van der Waals surface area contributed by atoms with Gasteiger partial charge in [0.05, 0.1) is 12.7 Å². The fraction of sp³-hybridized carbons (Fsp3) is 0.538. The summed E-state index contributed by atoms with van der Waals surface area (Å²) in [5.41, 5.74) is 2.58. The lowest BCUT2D eigenvalue weighted by Crippen LogP contribution is -2.16. The second kappa shape index (κ2) is 3.98. The maximum atomic E-state index is 5.83. The molecule has 86 valence electrons. The smallest absolute Gasteiger partial charge is 0.231 e. The normalized spacial score (nSPS) is 21.9. The standard InChI is InChI=1S/C13H16O3/c1-2-3-10-12-9(6-7-14-10)4-5-11-13(12)16-8-15-11/h4-5,10H,2-3,6-8H2,1H3. The van der Waals surface area contributed by atoms with Crippen LogP contribution in [-0.2, 0) is 11.2 Å². The highest BCUT2D eigenvalue weighted by molar-refractivity contribution is 5.53. The van der Waals surface area contributed by atoms with E-state index in [0.29, 0.717) is 6.79 Å². The molecule has 0 radical (unpaired) electrons. The number of hydrogen-bond acceptors (Lipinski definition) is 3. The van der Waals surface area contributed by atoms with Crippen LogP contribution in [0.25, 0.3) is 0 Å². The van der Waals surface area contributed by atoms with Crippen molar-refractivity contribution in [2.45, 2.75) is 32.3 Å². The second-order valence-corrected chi connectivity index (χ2v) is 4.27. The Labute approximate surface area is 95.3 Å². The average Bonchev–Trinajstić information content (AvgIpc) is 2.77.